The standard InChI is InChI=1S/C12H15N3O/c13-5-12-6-14-15(8-12)7-10-1-3-11(9-16)4-2-10/h1-4,6,8,16H,5,7,9,13H2. The first-order valence-corrected chi connectivity index (χ1v) is 5.22. The highest BCUT2D eigenvalue weighted by Gasteiger charge is 1.98. The molecule has 2 aromatic rings. The van der Waals surface area contributed by atoms with Gasteiger partial charge in [-0.1, -0.05) is 24.3 Å². The van der Waals surface area contributed by atoms with E-state index < -0.39 is 0 Å². The summed E-state index contributed by atoms with van der Waals surface area (Å²) in [5, 5.41) is 13.1. The van der Waals surface area contributed by atoms with E-state index in [-0.39, 0.29) is 6.61 Å². The van der Waals surface area contributed by atoms with Crippen molar-refractivity contribution in [3.63, 3.8) is 0 Å². The molecular weight excluding hydrogens is 202 g/mol. The number of nitrogens with two attached hydrogens (primary N) is 1. The topological polar surface area (TPSA) is 64.1 Å². The Balaban J connectivity index is 2.08. The number of hydrogen-bond donors (Lipinski definition) is 2. The molecule has 0 saturated carbocycles. The number of aromatic nitrogens is 2. The molecule has 0 saturated heterocycles. The van der Waals surface area contributed by atoms with Gasteiger partial charge in [0.1, 0.15) is 0 Å². The van der Waals surface area contributed by atoms with E-state index in [0.29, 0.717) is 6.54 Å². The number of rotatable bonds is 4. The second kappa shape index (κ2) is 4.92. The van der Waals surface area contributed by atoms with Crippen LogP contribution in [0.2, 0.25) is 0 Å². The van der Waals surface area contributed by atoms with Gasteiger partial charge < -0.3 is 10.8 Å². The number of aliphatic hydroxyl groups is 1. The van der Waals surface area contributed by atoms with Gasteiger partial charge in [-0.2, -0.15) is 5.10 Å². The van der Waals surface area contributed by atoms with Crippen molar-refractivity contribution in [2.75, 3.05) is 0 Å². The van der Waals surface area contributed by atoms with Crippen molar-refractivity contribution in [3.8, 4) is 0 Å². The Morgan fingerprint density at radius 2 is 1.81 bits per heavy atom. The maximum atomic E-state index is 8.92. The lowest BCUT2D eigenvalue weighted by atomic mass is 10.1. The van der Waals surface area contributed by atoms with Crippen LogP contribution in [-0.4, -0.2) is 14.9 Å². The van der Waals surface area contributed by atoms with Crippen molar-refractivity contribution in [3.05, 3.63) is 53.3 Å². The molecule has 0 spiro atoms. The summed E-state index contributed by atoms with van der Waals surface area (Å²) in [7, 11) is 0. The number of aliphatic hydroxyl groups excluding tert-OH is 1. The van der Waals surface area contributed by atoms with E-state index >= 15 is 0 Å². The van der Waals surface area contributed by atoms with Crippen LogP contribution >= 0.6 is 0 Å². The molecule has 0 aliphatic rings. The van der Waals surface area contributed by atoms with E-state index in [1.807, 2.05) is 35.1 Å². The first-order valence-electron chi connectivity index (χ1n) is 5.22. The quantitative estimate of drug-likeness (QED) is 0.799. The fraction of sp³-hybridized carbons (Fsp3) is 0.250. The molecule has 0 aliphatic carbocycles. The summed E-state index contributed by atoms with van der Waals surface area (Å²) < 4.78 is 1.86. The average Bonchev–Trinajstić information content (AvgIpc) is 2.78. The maximum Gasteiger partial charge on any atom is 0.0681 e. The molecule has 0 bridgehead atoms. The summed E-state index contributed by atoms with van der Waals surface area (Å²) in [6.07, 6.45) is 3.72. The summed E-state index contributed by atoms with van der Waals surface area (Å²) in [5.74, 6) is 0. The highest BCUT2D eigenvalue weighted by atomic mass is 16.3. The zero-order chi connectivity index (χ0) is 11.4. The van der Waals surface area contributed by atoms with Crippen LogP contribution in [0.4, 0.5) is 0 Å². The van der Waals surface area contributed by atoms with E-state index in [4.69, 9.17) is 10.8 Å². The molecule has 0 fully saturated rings. The third kappa shape index (κ3) is 2.48. The van der Waals surface area contributed by atoms with Gasteiger partial charge in [0.05, 0.1) is 19.3 Å². The molecule has 84 valence electrons. The Labute approximate surface area is 94.3 Å². The van der Waals surface area contributed by atoms with Crippen LogP contribution in [-0.2, 0) is 19.7 Å². The van der Waals surface area contributed by atoms with Gasteiger partial charge in [0, 0.05) is 18.3 Å². The molecule has 0 radical (unpaired) electrons. The molecule has 1 aromatic heterocycles. The molecule has 1 heterocycles. The molecule has 0 atom stereocenters. The van der Waals surface area contributed by atoms with Gasteiger partial charge in [-0.05, 0) is 11.1 Å². The molecule has 16 heavy (non-hydrogen) atoms. The second-order valence-corrected chi connectivity index (χ2v) is 3.72. The van der Waals surface area contributed by atoms with Crippen LogP contribution in [0.3, 0.4) is 0 Å². The minimum absolute atomic E-state index is 0.0827. The molecule has 1 aromatic carbocycles. The highest BCUT2D eigenvalue weighted by Crippen LogP contribution is 2.06. The Hall–Kier alpha value is -1.65. The van der Waals surface area contributed by atoms with Gasteiger partial charge in [0.25, 0.3) is 0 Å². The van der Waals surface area contributed by atoms with Crippen molar-refractivity contribution in [2.24, 2.45) is 5.73 Å². The minimum Gasteiger partial charge on any atom is -0.392 e. The first-order chi connectivity index (χ1) is 7.81. The van der Waals surface area contributed by atoms with Crippen LogP contribution < -0.4 is 5.73 Å². The summed E-state index contributed by atoms with van der Waals surface area (Å²) in [5.41, 5.74) is 8.63. The van der Waals surface area contributed by atoms with E-state index in [9.17, 15) is 0 Å². The SMILES string of the molecule is NCc1cnn(Cc2ccc(CO)cc2)c1. The van der Waals surface area contributed by atoms with Gasteiger partial charge in [0.2, 0.25) is 0 Å². The third-order valence-corrected chi connectivity index (χ3v) is 2.47. The minimum atomic E-state index is 0.0827. The number of benzene rings is 1. The van der Waals surface area contributed by atoms with Gasteiger partial charge in [0.15, 0.2) is 0 Å². The molecule has 3 N–H and O–H groups in total. The Bertz CT molecular complexity index is 448. The normalized spacial score (nSPS) is 10.6. The maximum absolute atomic E-state index is 8.92. The van der Waals surface area contributed by atoms with Gasteiger partial charge in [-0.25, -0.2) is 0 Å². The average molecular weight is 217 g/mol. The summed E-state index contributed by atoms with van der Waals surface area (Å²) in [4.78, 5) is 0. The lowest BCUT2D eigenvalue weighted by molar-refractivity contribution is 0.282. The molecule has 4 nitrogen and oxygen atoms in total. The fourth-order valence-corrected chi connectivity index (χ4v) is 1.54. The van der Waals surface area contributed by atoms with Crippen LogP contribution in [0, 0.1) is 0 Å². The second-order valence-electron chi connectivity index (χ2n) is 3.72. The monoisotopic (exact) mass is 217 g/mol. The molecule has 0 unspecified atom stereocenters. The van der Waals surface area contributed by atoms with Crippen molar-refractivity contribution in [2.45, 2.75) is 19.7 Å². The molecular formula is C12H15N3O. The van der Waals surface area contributed by atoms with Gasteiger partial charge in [-0.3, -0.25) is 4.68 Å². The zero-order valence-electron chi connectivity index (χ0n) is 9.00. The van der Waals surface area contributed by atoms with Crippen molar-refractivity contribution >= 4 is 0 Å². The van der Waals surface area contributed by atoms with Crippen LogP contribution in [0.5, 0.6) is 0 Å². The molecule has 0 aliphatic heterocycles. The summed E-state index contributed by atoms with van der Waals surface area (Å²) in [6, 6.07) is 7.83. The van der Waals surface area contributed by atoms with Gasteiger partial charge >= 0.3 is 0 Å². The van der Waals surface area contributed by atoms with Crippen LogP contribution in [0.25, 0.3) is 0 Å². The van der Waals surface area contributed by atoms with Crippen molar-refractivity contribution in [1.29, 1.82) is 0 Å². The predicted octanol–water partition coefficient (Wildman–Crippen LogP) is 0.882. The highest BCUT2D eigenvalue weighted by molar-refractivity contribution is 5.22. The third-order valence-electron chi connectivity index (χ3n) is 2.47. The molecule has 4 heteroatoms. The Kier molecular flexibility index (Phi) is 3.34. The van der Waals surface area contributed by atoms with Crippen molar-refractivity contribution in [1.82, 2.24) is 9.78 Å². The predicted molar refractivity (Wildman–Crippen MR) is 61.6 cm³/mol. The zero-order valence-corrected chi connectivity index (χ0v) is 9.00. The van der Waals surface area contributed by atoms with Crippen molar-refractivity contribution < 1.29 is 5.11 Å². The largest absolute Gasteiger partial charge is 0.392 e. The van der Waals surface area contributed by atoms with Gasteiger partial charge in [-0.15, -0.1) is 0 Å². The van der Waals surface area contributed by atoms with E-state index in [2.05, 4.69) is 5.10 Å². The lowest BCUT2D eigenvalue weighted by Gasteiger charge is -2.02. The van der Waals surface area contributed by atoms with E-state index in [1.54, 1.807) is 6.20 Å². The molecule has 2 rings (SSSR count). The summed E-state index contributed by atoms with van der Waals surface area (Å²) in [6.45, 7) is 1.33. The van der Waals surface area contributed by atoms with Crippen LogP contribution in [0.1, 0.15) is 16.7 Å². The molecule has 0 amide bonds. The first kappa shape index (κ1) is 10.9. The van der Waals surface area contributed by atoms with E-state index in [1.165, 1.54) is 0 Å². The Morgan fingerprint density at radius 1 is 1.12 bits per heavy atom. The summed E-state index contributed by atoms with van der Waals surface area (Å²) >= 11 is 0. The Morgan fingerprint density at radius 3 is 2.38 bits per heavy atom. The smallest absolute Gasteiger partial charge is 0.0681 e. The van der Waals surface area contributed by atoms with Crippen LogP contribution in [0.15, 0.2) is 36.7 Å². The number of hydrogen-bond acceptors (Lipinski definition) is 3. The lowest BCUT2D eigenvalue weighted by Crippen LogP contribution is -2.00. The number of nitrogens with zero attached hydrogens (tertiary/aromatic N) is 2. The van der Waals surface area contributed by atoms with E-state index in [0.717, 1.165) is 23.2 Å². The fourth-order valence-electron chi connectivity index (χ4n) is 1.54.